The molecular weight excluding hydrogens is 949 g/mol. The Bertz CT molecular complexity index is 1560. The second-order valence-electron chi connectivity index (χ2n) is 21.3. The summed E-state index contributed by atoms with van der Waals surface area (Å²) < 4.78 is 16.9. The zero-order valence-electron chi connectivity index (χ0n) is 50.4. The molecule has 1 unspecified atom stereocenters. The molecule has 1 atom stereocenters. The van der Waals surface area contributed by atoms with E-state index in [1.165, 1.54) is 135 Å². The Balaban J connectivity index is 4.41. The highest BCUT2D eigenvalue weighted by Gasteiger charge is 2.19. The molecule has 0 aromatic carbocycles. The van der Waals surface area contributed by atoms with E-state index in [1.54, 1.807) is 0 Å². The summed E-state index contributed by atoms with van der Waals surface area (Å²) in [6.07, 6.45) is 88.2. The van der Waals surface area contributed by atoms with Crippen LogP contribution in [0.15, 0.2) is 109 Å². The van der Waals surface area contributed by atoms with E-state index in [1.807, 2.05) is 0 Å². The van der Waals surface area contributed by atoms with Crippen LogP contribution in [0, 0.1) is 0 Å². The summed E-state index contributed by atoms with van der Waals surface area (Å²) in [5, 5.41) is 0. The molecule has 6 heteroatoms. The lowest BCUT2D eigenvalue weighted by molar-refractivity contribution is -0.167. The molecular formula is C71H120O6. The van der Waals surface area contributed by atoms with E-state index in [9.17, 15) is 14.4 Å². The van der Waals surface area contributed by atoms with Gasteiger partial charge in [0.15, 0.2) is 6.10 Å². The number of hydrogen-bond acceptors (Lipinski definition) is 6. The van der Waals surface area contributed by atoms with Gasteiger partial charge in [0.05, 0.1) is 0 Å². The average Bonchev–Trinajstić information content (AvgIpc) is 3.43. The molecule has 0 rings (SSSR count). The van der Waals surface area contributed by atoms with Gasteiger partial charge < -0.3 is 14.2 Å². The van der Waals surface area contributed by atoms with Crippen LogP contribution in [0.25, 0.3) is 0 Å². The van der Waals surface area contributed by atoms with Gasteiger partial charge in [0, 0.05) is 19.3 Å². The molecule has 0 amide bonds. The zero-order chi connectivity index (χ0) is 55.7. The third-order valence-electron chi connectivity index (χ3n) is 13.7. The van der Waals surface area contributed by atoms with Crippen molar-refractivity contribution in [1.29, 1.82) is 0 Å². The summed E-state index contributed by atoms with van der Waals surface area (Å²) >= 11 is 0. The number of carbonyl (C=O) groups is 3. The van der Waals surface area contributed by atoms with Gasteiger partial charge in [-0.15, -0.1) is 0 Å². The number of hydrogen-bond donors (Lipinski definition) is 0. The van der Waals surface area contributed by atoms with E-state index in [2.05, 4.69) is 130 Å². The molecule has 0 aromatic heterocycles. The third kappa shape index (κ3) is 62.8. The number of allylic oxidation sites excluding steroid dienone is 18. The lowest BCUT2D eigenvalue weighted by atomic mass is 10.0. The number of carbonyl (C=O) groups excluding carboxylic acids is 3. The van der Waals surface area contributed by atoms with Crippen molar-refractivity contribution in [2.45, 2.75) is 309 Å². The quantitative estimate of drug-likeness (QED) is 0.0261. The van der Waals surface area contributed by atoms with E-state index in [4.69, 9.17) is 14.2 Å². The van der Waals surface area contributed by atoms with Gasteiger partial charge in [0.1, 0.15) is 13.2 Å². The van der Waals surface area contributed by atoms with Gasteiger partial charge in [-0.25, -0.2) is 0 Å². The highest BCUT2D eigenvalue weighted by molar-refractivity contribution is 5.71. The minimum Gasteiger partial charge on any atom is -0.462 e. The Hall–Kier alpha value is -3.93. The summed E-state index contributed by atoms with van der Waals surface area (Å²) in [6.45, 7) is 6.43. The number of esters is 3. The molecule has 0 heterocycles. The van der Waals surface area contributed by atoms with Crippen LogP contribution in [0.3, 0.4) is 0 Å². The molecule has 0 radical (unpaired) electrons. The molecule has 0 spiro atoms. The fourth-order valence-corrected chi connectivity index (χ4v) is 8.94. The predicted molar refractivity (Wildman–Crippen MR) is 334 cm³/mol. The summed E-state index contributed by atoms with van der Waals surface area (Å²) in [7, 11) is 0. The maximum absolute atomic E-state index is 12.9. The maximum atomic E-state index is 12.9. The van der Waals surface area contributed by atoms with Gasteiger partial charge in [-0.2, -0.15) is 0 Å². The normalized spacial score (nSPS) is 12.8. The highest BCUT2D eigenvalue weighted by atomic mass is 16.6. The van der Waals surface area contributed by atoms with Crippen LogP contribution in [0.2, 0.25) is 0 Å². The van der Waals surface area contributed by atoms with Gasteiger partial charge in [-0.3, -0.25) is 14.4 Å². The van der Waals surface area contributed by atoms with Crippen LogP contribution in [0.4, 0.5) is 0 Å². The van der Waals surface area contributed by atoms with Crippen molar-refractivity contribution < 1.29 is 28.6 Å². The first-order valence-electron chi connectivity index (χ1n) is 32.4. The van der Waals surface area contributed by atoms with Crippen molar-refractivity contribution in [2.75, 3.05) is 13.2 Å². The molecule has 0 aliphatic rings. The highest BCUT2D eigenvalue weighted by Crippen LogP contribution is 2.17. The summed E-state index contributed by atoms with van der Waals surface area (Å²) in [5.74, 6) is -0.968. The fraction of sp³-hybridized carbons (Fsp3) is 0.704. The van der Waals surface area contributed by atoms with Crippen molar-refractivity contribution in [1.82, 2.24) is 0 Å². The van der Waals surface area contributed by atoms with Gasteiger partial charge in [-0.05, 0) is 96.3 Å². The van der Waals surface area contributed by atoms with Crippen LogP contribution in [0.1, 0.15) is 303 Å². The van der Waals surface area contributed by atoms with Crippen LogP contribution < -0.4 is 0 Å². The van der Waals surface area contributed by atoms with E-state index >= 15 is 0 Å². The minimum absolute atomic E-state index is 0.103. The van der Waals surface area contributed by atoms with Gasteiger partial charge in [0.2, 0.25) is 0 Å². The monoisotopic (exact) mass is 1070 g/mol. The average molecular weight is 1070 g/mol. The fourth-order valence-electron chi connectivity index (χ4n) is 8.94. The molecule has 6 nitrogen and oxygen atoms in total. The van der Waals surface area contributed by atoms with Gasteiger partial charge in [0.25, 0.3) is 0 Å². The van der Waals surface area contributed by atoms with Crippen LogP contribution in [-0.4, -0.2) is 37.2 Å². The third-order valence-corrected chi connectivity index (χ3v) is 13.7. The van der Waals surface area contributed by atoms with Crippen molar-refractivity contribution >= 4 is 17.9 Å². The maximum Gasteiger partial charge on any atom is 0.306 e. The first kappa shape index (κ1) is 73.1. The lowest BCUT2D eigenvalue weighted by Crippen LogP contribution is -2.30. The first-order chi connectivity index (χ1) is 38.0. The van der Waals surface area contributed by atoms with Crippen molar-refractivity contribution in [3.8, 4) is 0 Å². The summed E-state index contributed by atoms with van der Waals surface area (Å²) in [6, 6.07) is 0. The Morgan fingerprint density at radius 3 is 0.896 bits per heavy atom. The number of rotatable bonds is 58. The molecule has 0 saturated carbocycles. The molecule has 77 heavy (non-hydrogen) atoms. The van der Waals surface area contributed by atoms with E-state index in [0.717, 1.165) is 122 Å². The topological polar surface area (TPSA) is 78.9 Å². The standard InChI is InChI=1S/C71H120O6/c1-4-7-10-13-16-19-22-25-27-29-31-33-35-37-39-41-43-46-49-52-55-58-61-64-70(73)76-67-68(66-75-69(72)63-60-57-54-51-48-45-24-21-18-15-12-9-6-3)77-71(74)65-62-59-56-53-50-47-44-42-40-38-36-34-32-30-28-26-23-20-17-14-11-8-5-2/h7,10,12,15-16,19,21,24-25,27,31,33,37,39,43,46,52,55,68H,4-6,8-9,11,13-14,17-18,20,22-23,26,28-30,32,34-36,38,40-42,44-45,47-51,53-54,56-67H2,1-3H3/b10-7-,15-12-,19-16-,24-21-,27-25-,33-31-,39-37-,46-43-,55-52-. The Morgan fingerprint density at radius 1 is 0.273 bits per heavy atom. The second-order valence-corrected chi connectivity index (χ2v) is 21.3. The predicted octanol–water partition coefficient (Wildman–Crippen LogP) is 22.2. The van der Waals surface area contributed by atoms with Gasteiger partial charge >= 0.3 is 17.9 Å². The largest absolute Gasteiger partial charge is 0.462 e. The Labute approximate surface area is 476 Å². The molecule has 0 N–H and O–H groups in total. The van der Waals surface area contributed by atoms with Crippen LogP contribution >= 0.6 is 0 Å². The molecule has 0 saturated heterocycles. The van der Waals surface area contributed by atoms with Crippen molar-refractivity contribution in [2.24, 2.45) is 0 Å². The molecule has 0 aliphatic heterocycles. The van der Waals surface area contributed by atoms with E-state index in [0.29, 0.717) is 19.3 Å². The van der Waals surface area contributed by atoms with Crippen LogP contribution in [-0.2, 0) is 28.6 Å². The first-order valence-corrected chi connectivity index (χ1v) is 32.4. The smallest absolute Gasteiger partial charge is 0.306 e. The van der Waals surface area contributed by atoms with Gasteiger partial charge in [-0.1, -0.05) is 297 Å². The molecule has 0 bridgehead atoms. The van der Waals surface area contributed by atoms with Crippen LogP contribution in [0.5, 0.6) is 0 Å². The molecule has 0 aliphatic carbocycles. The van der Waals surface area contributed by atoms with E-state index in [-0.39, 0.29) is 37.5 Å². The minimum atomic E-state index is -0.809. The van der Waals surface area contributed by atoms with Crippen molar-refractivity contribution in [3.63, 3.8) is 0 Å². The molecule has 0 aromatic rings. The summed E-state index contributed by atoms with van der Waals surface area (Å²) in [5.41, 5.74) is 0. The molecule has 440 valence electrons. The SMILES string of the molecule is CC/C=C\C/C=C\C/C=C\C/C=C\C/C=C\C/C=C\C/C=C\CCCC(=O)OCC(COC(=O)CCCCCCC/C=C\C/C=C\CCC)OC(=O)CCCCCCCCCCCCCCCCCCCCCCCCC. The Kier molecular flexibility index (Phi) is 61.3. The number of ether oxygens (including phenoxy) is 3. The summed E-state index contributed by atoms with van der Waals surface area (Å²) in [4.78, 5) is 38.3. The zero-order valence-corrected chi connectivity index (χ0v) is 50.4. The Morgan fingerprint density at radius 2 is 0.545 bits per heavy atom. The molecule has 0 fully saturated rings. The van der Waals surface area contributed by atoms with E-state index < -0.39 is 6.10 Å². The second kappa shape index (κ2) is 64.6. The number of unbranched alkanes of at least 4 members (excludes halogenated alkanes) is 29. The van der Waals surface area contributed by atoms with Crippen molar-refractivity contribution in [3.05, 3.63) is 109 Å². The lowest BCUT2D eigenvalue weighted by Gasteiger charge is -2.18.